The number of ether oxygens (including phenoxy) is 1. The van der Waals surface area contributed by atoms with Crippen LogP contribution in [0.4, 0.5) is 0 Å². The topological polar surface area (TPSA) is 61.7 Å². The molecule has 1 atom stereocenters. The van der Waals surface area contributed by atoms with E-state index in [2.05, 4.69) is 5.32 Å². The van der Waals surface area contributed by atoms with Gasteiger partial charge in [0.1, 0.15) is 12.5 Å². The molecular formula is C11H17NO3S2. The van der Waals surface area contributed by atoms with E-state index in [4.69, 9.17) is 26.1 Å². The minimum absolute atomic E-state index is 0.0673. The zero-order chi connectivity index (χ0) is 12.7. The van der Waals surface area contributed by atoms with Crippen LogP contribution in [0.25, 0.3) is 0 Å². The lowest BCUT2D eigenvalue weighted by Gasteiger charge is -2.10. The minimum atomic E-state index is -0.0732. The first-order valence-electron chi connectivity index (χ1n) is 5.14. The van der Waals surface area contributed by atoms with Crippen LogP contribution in [-0.2, 0) is 33.9 Å². The Kier molecular flexibility index (Phi) is 6.61. The molecule has 0 amide bonds. The van der Waals surface area contributed by atoms with Crippen LogP contribution < -0.4 is 10.1 Å². The second-order valence-corrected chi connectivity index (χ2v) is 6.70. The predicted octanol–water partition coefficient (Wildman–Crippen LogP) is 0.265. The SMILES string of the molecule is CS(=S)CNCOc1cc(CO)cc(CO)c1. The van der Waals surface area contributed by atoms with E-state index in [-0.39, 0.29) is 22.7 Å². The highest BCUT2D eigenvalue weighted by atomic mass is 32.8. The highest BCUT2D eigenvalue weighted by Crippen LogP contribution is 2.17. The molecule has 0 radical (unpaired) electrons. The second kappa shape index (κ2) is 7.73. The molecule has 0 heterocycles. The second-order valence-electron chi connectivity index (χ2n) is 3.56. The van der Waals surface area contributed by atoms with Crippen LogP contribution in [0.1, 0.15) is 11.1 Å². The van der Waals surface area contributed by atoms with E-state index in [1.807, 2.05) is 6.26 Å². The largest absolute Gasteiger partial charge is 0.478 e. The summed E-state index contributed by atoms with van der Waals surface area (Å²) in [6.07, 6.45) is 1.97. The van der Waals surface area contributed by atoms with Crippen molar-refractivity contribution in [3.05, 3.63) is 29.3 Å². The average molecular weight is 275 g/mol. The number of nitrogens with one attached hydrogen (secondary N) is 1. The Bertz CT molecular complexity index is 363. The summed E-state index contributed by atoms with van der Waals surface area (Å²) in [7, 11) is -0.0732. The van der Waals surface area contributed by atoms with E-state index in [0.29, 0.717) is 12.5 Å². The van der Waals surface area contributed by atoms with Crippen LogP contribution in [0.15, 0.2) is 18.2 Å². The molecule has 1 aromatic rings. The standard InChI is InChI=1S/C11H17NO3S2/c1-17(16)8-12-7-15-11-3-9(5-13)2-10(4-11)6-14/h2-4,12-14H,5-8H2,1H3. The van der Waals surface area contributed by atoms with E-state index in [1.165, 1.54) is 0 Å². The fourth-order valence-electron chi connectivity index (χ4n) is 1.31. The van der Waals surface area contributed by atoms with Crippen molar-refractivity contribution in [2.24, 2.45) is 0 Å². The molecule has 1 unspecified atom stereocenters. The number of hydrogen-bond acceptors (Lipinski definition) is 5. The summed E-state index contributed by atoms with van der Waals surface area (Å²) < 4.78 is 5.47. The van der Waals surface area contributed by atoms with E-state index in [0.717, 1.165) is 17.0 Å². The normalized spacial score (nSPS) is 12.4. The van der Waals surface area contributed by atoms with Crippen LogP contribution in [0.3, 0.4) is 0 Å². The molecule has 0 aromatic heterocycles. The molecule has 96 valence electrons. The van der Waals surface area contributed by atoms with Crippen molar-refractivity contribution >= 4 is 20.6 Å². The fourth-order valence-corrected chi connectivity index (χ4v) is 1.94. The van der Waals surface area contributed by atoms with Gasteiger partial charge in [0.05, 0.1) is 13.2 Å². The molecule has 0 saturated heterocycles. The number of hydrogen-bond donors (Lipinski definition) is 3. The fraction of sp³-hybridized carbons (Fsp3) is 0.455. The molecule has 0 fully saturated rings. The summed E-state index contributed by atoms with van der Waals surface area (Å²) in [6, 6.07) is 5.24. The van der Waals surface area contributed by atoms with E-state index in [1.54, 1.807) is 18.2 Å². The van der Waals surface area contributed by atoms with E-state index >= 15 is 0 Å². The molecule has 1 aromatic carbocycles. The maximum Gasteiger partial charge on any atom is 0.140 e. The zero-order valence-electron chi connectivity index (χ0n) is 9.68. The number of benzene rings is 1. The maximum atomic E-state index is 9.06. The van der Waals surface area contributed by atoms with Gasteiger partial charge in [0, 0.05) is 5.88 Å². The summed E-state index contributed by atoms with van der Waals surface area (Å²) in [5.41, 5.74) is 1.45. The van der Waals surface area contributed by atoms with Gasteiger partial charge in [-0.15, -0.1) is 9.45 Å². The molecule has 0 bridgehead atoms. The molecule has 0 spiro atoms. The number of rotatable bonds is 7. The van der Waals surface area contributed by atoms with Crippen LogP contribution in [0, 0.1) is 0 Å². The Labute approximate surface area is 108 Å². The highest BCUT2D eigenvalue weighted by Gasteiger charge is 2.01. The molecular weight excluding hydrogens is 258 g/mol. The first-order chi connectivity index (χ1) is 8.15. The van der Waals surface area contributed by atoms with Gasteiger partial charge in [0.15, 0.2) is 0 Å². The van der Waals surface area contributed by atoms with Crippen molar-refractivity contribution in [2.75, 3.05) is 18.9 Å². The van der Waals surface area contributed by atoms with Crippen LogP contribution in [-0.4, -0.2) is 29.1 Å². The quantitative estimate of drug-likeness (QED) is 0.492. The van der Waals surface area contributed by atoms with Gasteiger partial charge in [0.2, 0.25) is 0 Å². The third-order valence-corrected chi connectivity index (χ3v) is 3.00. The molecule has 6 heteroatoms. The van der Waals surface area contributed by atoms with Crippen LogP contribution in [0.2, 0.25) is 0 Å². The van der Waals surface area contributed by atoms with Gasteiger partial charge < -0.3 is 14.9 Å². The molecule has 0 aliphatic carbocycles. The monoisotopic (exact) mass is 275 g/mol. The van der Waals surface area contributed by atoms with Crippen LogP contribution in [0.5, 0.6) is 5.75 Å². The van der Waals surface area contributed by atoms with Crippen molar-refractivity contribution in [1.82, 2.24) is 5.32 Å². The van der Waals surface area contributed by atoms with Crippen molar-refractivity contribution in [2.45, 2.75) is 13.2 Å². The molecule has 17 heavy (non-hydrogen) atoms. The van der Waals surface area contributed by atoms with Gasteiger partial charge in [-0.3, -0.25) is 5.32 Å². The summed E-state index contributed by atoms with van der Waals surface area (Å²) in [5.74, 6) is 1.37. The Morgan fingerprint density at radius 1 is 1.24 bits per heavy atom. The Hall–Kier alpha value is -0.530. The Balaban J connectivity index is 2.54. The number of aliphatic hydroxyl groups excluding tert-OH is 2. The molecule has 3 N–H and O–H groups in total. The zero-order valence-corrected chi connectivity index (χ0v) is 11.3. The third-order valence-electron chi connectivity index (χ3n) is 2.04. The lowest BCUT2D eigenvalue weighted by Crippen LogP contribution is -2.23. The van der Waals surface area contributed by atoms with Gasteiger partial charge in [-0.2, -0.15) is 0 Å². The van der Waals surface area contributed by atoms with E-state index < -0.39 is 0 Å². The van der Waals surface area contributed by atoms with Crippen molar-refractivity contribution in [1.29, 1.82) is 0 Å². The summed E-state index contributed by atoms with van der Waals surface area (Å²) >= 11 is 5.03. The first-order valence-corrected chi connectivity index (χ1v) is 7.86. The predicted molar refractivity (Wildman–Crippen MR) is 72.4 cm³/mol. The lowest BCUT2D eigenvalue weighted by atomic mass is 10.1. The lowest BCUT2D eigenvalue weighted by molar-refractivity contribution is 0.267. The number of aliphatic hydroxyl groups is 2. The molecule has 0 aliphatic rings. The van der Waals surface area contributed by atoms with Gasteiger partial charge in [-0.25, -0.2) is 0 Å². The molecule has 0 aliphatic heterocycles. The molecule has 1 rings (SSSR count). The Morgan fingerprint density at radius 3 is 2.29 bits per heavy atom. The van der Waals surface area contributed by atoms with Gasteiger partial charge in [0.25, 0.3) is 0 Å². The summed E-state index contributed by atoms with van der Waals surface area (Å²) in [6.45, 7) is 0.234. The average Bonchev–Trinajstić information content (AvgIpc) is 2.34. The molecule has 4 nitrogen and oxygen atoms in total. The van der Waals surface area contributed by atoms with Gasteiger partial charge in [-0.1, -0.05) is 17.3 Å². The maximum absolute atomic E-state index is 9.06. The summed E-state index contributed by atoms with van der Waals surface area (Å²) in [4.78, 5) is 0. The van der Waals surface area contributed by atoms with Crippen molar-refractivity contribution < 1.29 is 14.9 Å². The minimum Gasteiger partial charge on any atom is -0.478 e. The summed E-state index contributed by atoms with van der Waals surface area (Å²) in [5, 5.41) is 21.2. The van der Waals surface area contributed by atoms with Crippen molar-refractivity contribution in [3.8, 4) is 5.75 Å². The van der Waals surface area contributed by atoms with E-state index in [9.17, 15) is 0 Å². The molecule has 0 saturated carbocycles. The smallest absolute Gasteiger partial charge is 0.140 e. The highest BCUT2D eigenvalue weighted by molar-refractivity contribution is 8.28. The Morgan fingerprint density at radius 2 is 1.82 bits per heavy atom. The first kappa shape index (κ1) is 14.5. The van der Waals surface area contributed by atoms with Gasteiger partial charge in [-0.05, 0) is 29.5 Å². The van der Waals surface area contributed by atoms with Gasteiger partial charge >= 0.3 is 0 Å². The van der Waals surface area contributed by atoms with Crippen LogP contribution >= 0.6 is 0 Å². The van der Waals surface area contributed by atoms with Crippen molar-refractivity contribution in [3.63, 3.8) is 0 Å². The third kappa shape index (κ3) is 5.56.